The molecule has 20 heavy (non-hydrogen) atoms. The third-order valence-electron chi connectivity index (χ3n) is 3.32. The molecule has 0 aliphatic carbocycles. The smallest absolute Gasteiger partial charge is 0.0939 e. The molecule has 2 N–H and O–H groups in total. The normalized spacial score (nSPS) is 12.6. The van der Waals surface area contributed by atoms with Gasteiger partial charge in [0.05, 0.1) is 10.7 Å². The van der Waals surface area contributed by atoms with E-state index in [-0.39, 0.29) is 6.04 Å². The summed E-state index contributed by atoms with van der Waals surface area (Å²) in [4.78, 5) is 0. The lowest BCUT2D eigenvalue weighted by Crippen LogP contribution is -2.13. The fourth-order valence-corrected chi connectivity index (χ4v) is 3.24. The Balaban J connectivity index is 1.94. The van der Waals surface area contributed by atoms with E-state index in [0.29, 0.717) is 0 Å². The van der Waals surface area contributed by atoms with Crippen LogP contribution >= 0.6 is 11.8 Å². The van der Waals surface area contributed by atoms with Gasteiger partial charge in [-0.05, 0) is 30.5 Å². The highest BCUT2D eigenvalue weighted by Crippen LogP contribution is 2.24. The van der Waals surface area contributed by atoms with Gasteiger partial charge in [0.2, 0.25) is 0 Å². The van der Waals surface area contributed by atoms with Crippen LogP contribution in [0.25, 0.3) is 0 Å². The maximum absolute atomic E-state index is 6.27. The summed E-state index contributed by atoms with van der Waals surface area (Å²) >= 11 is 1.76. The van der Waals surface area contributed by atoms with Crippen molar-refractivity contribution in [3.05, 3.63) is 47.2 Å². The van der Waals surface area contributed by atoms with Crippen LogP contribution in [-0.4, -0.2) is 15.5 Å². The first-order valence-electron chi connectivity index (χ1n) is 7.08. The number of hydrogen-bond donors (Lipinski definition) is 1. The number of thioether (sulfide) groups is 1. The first-order valence-corrected chi connectivity index (χ1v) is 8.06. The van der Waals surface area contributed by atoms with Gasteiger partial charge < -0.3 is 5.73 Å². The molecule has 0 bridgehead atoms. The molecule has 0 aliphatic rings. The van der Waals surface area contributed by atoms with E-state index in [2.05, 4.69) is 42.4 Å². The summed E-state index contributed by atoms with van der Waals surface area (Å²) in [5.41, 5.74) is 9.91. The second-order valence-electron chi connectivity index (χ2n) is 5.16. The van der Waals surface area contributed by atoms with Crippen molar-refractivity contribution < 1.29 is 0 Å². The molecule has 108 valence electrons. The van der Waals surface area contributed by atoms with E-state index in [1.807, 2.05) is 18.7 Å². The maximum Gasteiger partial charge on any atom is 0.0939 e. The van der Waals surface area contributed by atoms with Crippen LogP contribution in [0.1, 0.15) is 36.2 Å². The van der Waals surface area contributed by atoms with Gasteiger partial charge in [0.25, 0.3) is 0 Å². The van der Waals surface area contributed by atoms with Gasteiger partial charge in [-0.25, -0.2) is 0 Å². The third kappa shape index (κ3) is 3.87. The lowest BCUT2D eigenvalue weighted by Gasteiger charge is -2.12. The molecule has 1 heterocycles. The van der Waals surface area contributed by atoms with Crippen LogP contribution in [0.2, 0.25) is 0 Å². The van der Waals surface area contributed by atoms with Gasteiger partial charge >= 0.3 is 0 Å². The van der Waals surface area contributed by atoms with Crippen molar-refractivity contribution in [2.24, 2.45) is 12.8 Å². The van der Waals surface area contributed by atoms with Crippen molar-refractivity contribution >= 4 is 11.8 Å². The van der Waals surface area contributed by atoms with Gasteiger partial charge in [-0.15, -0.1) is 11.8 Å². The molecule has 0 saturated heterocycles. The van der Waals surface area contributed by atoms with Crippen LogP contribution < -0.4 is 5.73 Å². The van der Waals surface area contributed by atoms with Gasteiger partial charge in [0, 0.05) is 18.8 Å². The van der Waals surface area contributed by atoms with E-state index >= 15 is 0 Å². The fraction of sp³-hybridized carbons (Fsp3) is 0.438. The van der Waals surface area contributed by atoms with Crippen LogP contribution in [0.4, 0.5) is 0 Å². The van der Waals surface area contributed by atoms with Crippen LogP contribution in [0.3, 0.4) is 0 Å². The van der Waals surface area contributed by atoms with Gasteiger partial charge in [-0.3, -0.25) is 4.68 Å². The minimum Gasteiger partial charge on any atom is -0.323 e. The number of hydrogen-bond acceptors (Lipinski definition) is 3. The highest BCUT2D eigenvalue weighted by molar-refractivity contribution is 7.99. The molecule has 0 saturated carbocycles. The summed E-state index contributed by atoms with van der Waals surface area (Å²) < 4.78 is 1.91. The Morgan fingerprint density at radius 2 is 2.00 bits per heavy atom. The number of nitrogens with zero attached hydrogens (tertiary/aromatic N) is 2. The summed E-state index contributed by atoms with van der Waals surface area (Å²) in [7, 11) is 1.97. The highest BCUT2D eigenvalue weighted by Gasteiger charge is 2.09. The number of rotatable bonds is 6. The standard InChI is InChI=1S/C16H23N3S/c1-4-5-13-6-8-14(9-7-13)15(17)11-20-16-10-12(2)18-19(16)3/h6-10,15H,4-5,11,17H2,1-3H3. The summed E-state index contributed by atoms with van der Waals surface area (Å²) in [6, 6.07) is 10.9. The molecule has 1 unspecified atom stereocenters. The molecular weight excluding hydrogens is 266 g/mol. The quantitative estimate of drug-likeness (QED) is 0.828. The second kappa shape index (κ2) is 6.95. The first-order chi connectivity index (χ1) is 9.60. The van der Waals surface area contributed by atoms with E-state index in [9.17, 15) is 0 Å². The molecule has 1 aromatic heterocycles. The van der Waals surface area contributed by atoms with Gasteiger partial charge in [0.1, 0.15) is 0 Å². The van der Waals surface area contributed by atoms with Crippen LogP contribution in [-0.2, 0) is 13.5 Å². The number of benzene rings is 1. The first kappa shape index (κ1) is 15.1. The Morgan fingerprint density at radius 1 is 1.30 bits per heavy atom. The fourth-order valence-electron chi connectivity index (χ4n) is 2.21. The predicted octanol–water partition coefficient (Wildman–Crippen LogP) is 3.47. The van der Waals surface area contributed by atoms with E-state index in [4.69, 9.17) is 5.73 Å². The van der Waals surface area contributed by atoms with Crippen molar-refractivity contribution in [3.8, 4) is 0 Å². The van der Waals surface area contributed by atoms with Crippen molar-refractivity contribution in [2.75, 3.05) is 5.75 Å². The van der Waals surface area contributed by atoms with Crippen molar-refractivity contribution in [3.63, 3.8) is 0 Å². The molecular formula is C16H23N3S. The minimum atomic E-state index is 0.0610. The van der Waals surface area contributed by atoms with E-state index in [1.165, 1.54) is 22.6 Å². The average molecular weight is 289 g/mol. The van der Waals surface area contributed by atoms with Crippen molar-refractivity contribution in [2.45, 2.75) is 37.8 Å². The molecule has 1 atom stereocenters. The van der Waals surface area contributed by atoms with E-state index < -0.39 is 0 Å². The molecule has 0 radical (unpaired) electrons. The monoisotopic (exact) mass is 289 g/mol. The second-order valence-corrected chi connectivity index (χ2v) is 6.20. The molecule has 1 aromatic carbocycles. The van der Waals surface area contributed by atoms with E-state index in [1.54, 1.807) is 11.8 Å². The van der Waals surface area contributed by atoms with Crippen LogP contribution in [0, 0.1) is 6.92 Å². The zero-order chi connectivity index (χ0) is 14.5. The van der Waals surface area contributed by atoms with Crippen molar-refractivity contribution in [1.29, 1.82) is 0 Å². The molecule has 2 aromatic rings. The maximum atomic E-state index is 6.27. The Bertz CT molecular complexity index is 545. The molecule has 0 aliphatic heterocycles. The molecule has 0 fully saturated rings. The van der Waals surface area contributed by atoms with Crippen molar-refractivity contribution in [1.82, 2.24) is 9.78 Å². The Morgan fingerprint density at radius 3 is 2.55 bits per heavy atom. The molecule has 4 heteroatoms. The molecule has 2 rings (SSSR count). The van der Waals surface area contributed by atoms with Gasteiger partial charge in [0.15, 0.2) is 0 Å². The Hall–Kier alpha value is -1.26. The van der Waals surface area contributed by atoms with Crippen LogP contribution in [0.15, 0.2) is 35.4 Å². The topological polar surface area (TPSA) is 43.8 Å². The number of nitrogens with two attached hydrogens (primary N) is 1. The summed E-state index contributed by atoms with van der Waals surface area (Å²) in [6.07, 6.45) is 2.32. The van der Waals surface area contributed by atoms with Gasteiger partial charge in [-0.1, -0.05) is 37.6 Å². The zero-order valence-electron chi connectivity index (χ0n) is 12.5. The molecule has 0 amide bonds. The summed E-state index contributed by atoms with van der Waals surface area (Å²) in [5.74, 6) is 0.867. The molecule has 0 spiro atoms. The average Bonchev–Trinajstić information content (AvgIpc) is 2.75. The minimum absolute atomic E-state index is 0.0610. The number of aromatic nitrogens is 2. The van der Waals surface area contributed by atoms with Gasteiger partial charge in [-0.2, -0.15) is 5.10 Å². The Labute approximate surface area is 125 Å². The van der Waals surface area contributed by atoms with E-state index in [0.717, 1.165) is 17.9 Å². The summed E-state index contributed by atoms with van der Waals surface area (Å²) in [6.45, 7) is 4.21. The Kier molecular flexibility index (Phi) is 5.26. The predicted molar refractivity (Wildman–Crippen MR) is 86.0 cm³/mol. The summed E-state index contributed by atoms with van der Waals surface area (Å²) in [5, 5.41) is 5.52. The molecule has 3 nitrogen and oxygen atoms in total. The number of aryl methyl sites for hydroxylation is 3. The third-order valence-corrected chi connectivity index (χ3v) is 4.52. The SMILES string of the molecule is CCCc1ccc(C(N)CSc2cc(C)nn2C)cc1. The largest absolute Gasteiger partial charge is 0.323 e. The van der Waals surface area contributed by atoms with Crippen LogP contribution in [0.5, 0.6) is 0 Å². The highest BCUT2D eigenvalue weighted by atomic mass is 32.2. The lowest BCUT2D eigenvalue weighted by molar-refractivity contribution is 0.691. The zero-order valence-corrected chi connectivity index (χ0v) is 13.3. The lowest BCUT2D eigenvalue weighted by atomic mass is 10.0.